The first-order chi connectivity index (χ1) is 7.66. The molecule has 6 nitrogen and oxygen atoms in total. The van der Waals surface area contributed by atoms with Gasteiger partial charge in [0.25, 0.3) is 10.1 Å². The molecule has 0 aliphatic heterocycles. The highest BCUT2D eigenvalue weighted by Crippen LogP contribution is 2.12. The molecule has 0 heterocycles. The van der Waals surface area contributed by atoms with Gasteiger partial charge in [-0.15, -0.1) is 0 Å². The largest absolute Gasteiger partial charge is 0.462 e. The van der Waals surface area contributed by atoms with Crippen LogP contribution in [0.15, 0.2) is 12.2 Å². The molecule has 0 amide bonds. The number of esters is 1. The zero-order valence-corrected chi connectivity index (χ0v) is 10.7. The number of rotatable bonds is 7. The van der Waals surface area contributed by atoms with Gasteiger partial charge < -0.3 is 9.84 Å². The summed E-state index contributed by atoms with van der Waals surface area (Å²) in [7, 11) is -4.29. The Balaban J connectivity index is 4.10. The van der Waals surface area contributed by atoms with Gasteiger partial charge in [-0.25, -0.2) is 4.79 Å². The molecule has 17 heavy (non-hydrogen) atoms. The summed E-state index contributed by atoms with van der Waals surface area (Å²) in [5, 5.41) is 7.93. The molecule has 0 saturated heterocycles. The van der Waals surface area contributed by atoms with Gasteiger partial charge in [-0.1, -0.05) is 6.58 Å². The van der Waals surface area contributed by atoms with E-state index in [1.54, 1.807) is 0 Å². The van der Waals surface area contributed by atoms with Crippen molar-refractivity contribution in [3.63, 3.8) is 0 Å². The number of aliphatic hydroxyl groups is 1. The van der Waals surface area contributed by atoms with Crippen molar-refractivity contribution in [1.82, 2.24) is 0 Å². The number of carbonyl (C=O) groups excluding carboxylic acids is 1. The summed E-state index contributed by atoms with van der Waals surface area (Å²) in [5.41, 5.74) is 0.256. The number of hydrogen-bond acceptors (Lipinski definition) is 5. The maximum atomic E-state index is 11.0. The molecular weight excluding hydrogens is 248 g/mol. The lowest BCUT2D eigenvalue weighted by atomic mass is 10.2. The van der Waals surface area contributed by atoms with Crippen molar-refractivity contribution in [2.24, 2.45) is 0 Å². The summed E-state index contributed by atoms with van der Waals surface area (Å²) >= 11 is 0. The van der Waals surface area contributed by atoms with Crippen LogP contribution in [0.5, 0.6) is 0 Å². The van der Waals surface area contributed by atoms with Gasteiger partial charge in [-0.05, 0) is 26.7 Å². The van der Waals surface area contributed by atoms with Crippen LogP contribution in [0, 0.1) is 0 Å². The maximum Gasteiger partial charge on any atom is 0.333 e. The molecule has 0 spiro atoms. The number of carbonyl (C=O) groups is 1. The third-order valence-corrected chi connectivity index (χ3v) is 3.53. The molecule has 0 aromatic heterocycles. The van der Waals surface area contributed by atoms with Crippen LogP contribution >= 0.6 is 0 Å². The lowest BCUT2D eigenvalue weighted by molar-refractivity contribution is -0.139. The fourth-order valence-corrected chi connectivity index (χ4v) is 2.17. The zero-order valence-electron chi connectivity index (χ0n) is 9.92. The fourth-order valence-electron chi connectivity index (χ4n) is 1.21. The number of hydrogen-bond donors (Lipinski definition) is 2. The van der Waals surface area contributed by atoms with Crippen LogP contribution in [0.25, 0.3) is 0 Å². The molecule has 0 aliphatic carbocycles. The van der Waals surface area contributed by atoms with Crippen molar-refractivity contribution >= 4 is 16.1 Å². The van der Waals surface area contributed by atoms with Gasteiger partial charge in [0, 0.05) is 5.57 Å². The van der Waals surface area contributed by atoms with Crippen molar-refractivity contribution in [2.45, 2.75) is 38.0 Å². The lowest BCUT2D eigenvalue weighted by Gasteiger charge is -2.16. The van der Waals surface area contributed by atoms with Crippen LogP contribution in [0.3, 0.4) is 0 Å². The Kier molecular flexibility index (Phi) is 6.36. The molecule has 0 rings (SSSR count). The van der Waals surface area contributed by atoms with Crippen LogP contribution in [-0.4, -0.2) is 42.0 Å². The molecule has 0 aromatic carbocycles. The fraction of sp³-hybridized carbons (Fsp3) is 0.700. The Labute approximate surface area is 101 Å². The highest BCUT2D eigenvalue weighted by molar-refractivity contribution is 7.86. The highest BCUT2D eigenvalue weighted by Gasteiger charge is 2.27. The SMILES string of the molecule is C=C(C)C(=O)OCCCC(C(C)O)S(=O)(=O)O. The van der Waals surface area contributed by atoms with Crippen molar-refractivity contribution < 1.29 is 27.6 Å². The standard InChI is InChI=1S/C10H18O6S/c1-7(2)10(12)16-6-4-5-9(8(3)11)17(13,14)15/h8-9,11H,1,4-6H2,2-3H3,(H,13,14,15). The summed E-state index contributed by atoms with van der Waals surface area (Å²) in [5.74, 6) is -0.551. The lowest BCUT2D eigenvalue weighted by Crippen LogP contribution is -2.32. The van der Waals surface area contributed by atoms with Crippen LogP contribution in [-0.2, 0) is 19.6 Å². The molecule has 0 bridgehead atoms. The van der Waals surface area contributed by atoms with Crippen LogP contribution in [0.2, 0.25) is 0 Å². The van der Waals surface area contributed by atoms with E-state index in [-0.39, 0.29) is 25.0 Å². The third-order valence-electron chi connectivity index (χ3n) is 2.14. The zero-order chi connectivity index (χ0) is 13.6. The van der Waals surface area contributed by atoms with Crippen molar-refractivity contribution in [3.05, 3.63) is 12.2 Å². The van der Waals surface area contributed by atoms with E-state index in [2.05, 4.69) is 6.58 Å². The smallest absolute Gasteiger partial charge is 0.333 e. The van der Waals surface area contributed by atoms with E-state index < -0.39 is 27.4 Å². The molecule has 2 N–H and O–H groups in total. The summed E-state index contributed by atoms with van der Waals surface area (Å²) in [4.78, 5) is 11.0. The number of ether oxygens (including phenoxy) is 1. The maximum absolute atomic E-state index is 11.0. The third kappa shape index (κ3) is 6.40. The molecule has 7 heteroatoms. The predicted octanol–water partition coefficient (Wildman–Crippen LogP) is 0.523. The molecule has 0 aromatic rings. The van der Waals surface area contributed by atoms with E-state index in [1.807, 2.05) is 0 Å². The van der Waals surface area contributed by atoms with Crippen LogP contribution in [0.1, 0.15) is 26.7 Å². The van der Waals surface area contributed by atoms with E-state index >= 15 is 0 Å². The van der Waals surface area contributed by atoms with Gasteiger partial charge in [0.2, 0.25) is 0 Å². The molecule has 2 unspecified atom stereocenters. The topological polar surface area (TPSA) is 101 Å². The minimum Gasteiger partial charge on any atom is -0.462 e. The van der Waals surface area contributed by atoms with Crippen molar-refractivity contribution in [1.29, 1.82) is 0 Å². The molecular formula is C10H18O6S. The Morgan fingerprint density at radius 2 is 2.00 bits per heavy atom. The van der Waals surface area contributed by atoms with Crippen LogP contribution < -0.4 is 0 Å². The summed E-state index contributed by atoms with van der Waals surface area (Å²) in [6, 6.07) is 0. The molecule has 2 atom stereocenters. The Morgan fingerprint density at radius 1 is 1.47 bits per heavy atom. The van der Waals surface area contributed by atoms with E-state index in [1.165, 1.54) is 13.8 Å². The normalized spacial score (nSPS) is 15.1. The first-order valence-electron chi connectivity index (χ1n) is 5.13. The molecule has 100 valence electrons. The van der Waals surface area contributed by atoms with E-state index in [9.17, 15) is 18.3 Å². The summed E-state index contributed by atoms with van der Waals surface area (Å²) < 4.78 is 35.4. The Bertz CT molecular complexity index is 370. The summed E-state index contributed by atoms with van der Waals surface area (Å²) in [6.45, 7) is 6.18. The minimum atomic E-state index is -4.29. The van der Waals surface area contributed by atoms with Gasteiger partial charge >= 0.3 is 5.97 Å². The average molecular weight is 266 g/mol. The van der Waals surface area contributed by atoms with Crippen LogP contribution in [0.4, 0.5) is 0 Å². The summed E-state index contributed by atoms with van der Waals surface area (Å²) in [6.07, 6.45) is -0.934. The van der Waals surface area contributed by atoms with Crippen molar-refractivity contribution in [3.8, 4) is 0 Å². The monoisotopic (exact) mass is 266 g/mol. The van der Waals surface area contributed by atoms with E-state index in [0.717, 1.165) is 0 Å². The highest BCUT2D eigenvalue weighted by atomic mass is 32.2. The molecule has 0 saturated carbocycles. The minimum absolute atomic E-state index is 0.0139. The van der Waals surface area contributed by atoms with Gasteiger partial charge in [0.15, 0.2) is 0 Å². The van der Waals surface area contributed by atoms with Gasteiger partial charge in [0.1, 0.15) is 5.25 Å². The molecule has 0 fully saturated rings. The van der Waals surface area contributed by atoms with Gasteiger partial charge in [-0.3, -0.25) is 4.55 Å². The quantitative estimate of drug-likeness (QED) is 0.301. The first kappa shape index (κ1) is 16.1. The second kappa shape index (κ2) is 6.73. The molecule has 0 radical (unpaired) electrons. The van der Waals surface area contributed by atoms with Crippen molar-refractivity contribution in [2.75, 3.05) is 6.61 Å². The Morgan fingerprint density at radius 3 is 2.35 bits per heavy atom. The number of aliphatic hydroxyl groups excluding tert-OH is 1. The Hall–Kier alpha value is -0.920. The van der Waals surface area contributed by atoms with E-state index in [0.29, 0.717) is 0 Å². The van der Waals surface area contributed by atoms with Gasteiger partial charge in [-0.2, -0.15) is 8.42 Å². The average Bonchev–Trinajstić information content (AvgIpc) is 2.13. The van der Waals surface area contributed by atoms with Gasteiger partial charge in [0.05, 0.1) is 12.7 Å². The van der Waals surface area contributed by atoms with E-state index in [4.69, 9.17) is 9.29 Å². The second-order valence-electron chi connectivity index (χ2n) is 3.85. The molecule has 0 aliphatic rings. The second-order valence-corrected chi connectivity index (χ2v) is 5.49. The first-order valence-corrected chi connectivity index (χ1v) is 6.63. The predicted molar refractivity (Wildman–Crippen MR) is 62.0 cm³/mol.